The molecule has 0 bridgehead atoms. The summed E-state index contributed by atoms with van der Waals surface area (Å²) < 4.78 is 0. The Labute approximate surface area is 109 Å². The Morgan fingerprint density at radius 3 is 3.12 bits per heavy atom. The molecule has 1 saturated heterocycles. The van der Waals surface area contributed by atoms with Crippen molar-refractivity contribution in [2.24, 2.45) is 5.92 Å². The summed E-state index contributed by atoms with van der Waals surface area (Å²) in [6, 6.07) is 0. The van der Waals surface area contributed by atoms with E-state index in [9.17, 15) is 0 Å². The molecule has 0 radical (unpaired) electrons. The SMILES string of the molecule is Cc1cscc1CNCCCC1CCCNC1. The van der Waals surface area contributed by atoms with Crippen LogP contribution in [0.1, 0.15) is 36.8 Å². The molecular formula is C14H24N2S. The molecule has 3 heteroatoms. The second kappa shape index (κ2) is 7.14. The first-order valence-corrected chi connectivity index (χ1v) is 7.73. The molecule has 1 aromatic heterocycles. The summed E-state index contributed by atoms with van der Waals surface area (Å²) >= 11 is 1.80. The molecule has 1 aromatic rings. The van der Waals surface area contributed by atoms with Crippen LogP contribution in [0.25, 0.3) is 0 Å². The maximum Gasteiger partial charge on any atom is 0.0216 e. The van der Waals surface area contributed by atoms with E-state index in [4.69, 9.17) is 0 Å². The van der Waals surface area contributed by atoms with Crippen molar-refractivity contribution in [2.75, 3.05) is 19.6 Å². The Kier molecular flexibility index (Phi) is 5.49. The molecule has 1 atom stereocenters. The minimum atomic E-state index is 0.924. The van der Waals surface area contributed by atoms with Crippen molar-refractivity contribution < 1.29 is 0 Å². The standard InChI is InChI=1S/C14H24N2S/c1-12-10-17-11-14(12)9-16-7-3-5-13-4-2-6-15-8-13/h10-11,13,15-16H,2-9H2,1H3. The van der Waals surface area contributed by atoms with E-state index in [2.05, 4.69) is 28.3 Å². The van der Waals surface area contributed by atoms with Crippen molar-refractivity contribution in [2.45, 2.75) is 39.2 Å². The number of aryl methyl sites for hydroxylation is 1. The second-order valence-corrected chi connectivity index (χ2v) is 5.85. The van der Waals surface area contributed by atoms with E-state index in [1.54, 1.807) is 11.3 Å². The second-order valence-electron chi connectivity index (χ2n) is 5.11. The first kappa shape index (κ1) is 13.1. The molecule has 1 aliphatic rings. The molecule has 2 rings (SSSR count). The fourth-order valence-corrected chi connectivity index (χ4v) is 3.33. The van der Waals surface area contributed by atoms with E-state index in [-0.39, 0.29) is 0 Å². The van der Waals surface area contributed by atoms with Gasteiger partial charge in [0.25, 0.3) is 0 Å². The third-order valence-corrected chi connectivity index (χ3v) is 4.55. The molecule has 1 fully saturated rings. The highest BCUT2D eigenvalue weighted by molar-refractivity contribution is 7.08. The predicted molar refractivity (Wildman–Crippen MR) is 75.6 cm³/mol. The average molecular weight is 252 g/mol. The number of nitrogens with one attached hydrogen (secondary N) is 2. The molecule has 0 spiro atoms. The highest BCUT2D eigenvalue weighted by atomic mass is 32.1. The molecule has 2 N–H and O–H groups in total. The van der Waals surface area contributed by atoms with E-state index in [0.29, 0.717) is 0 Å². The van der Waals surface area contributed by atoms with Crippen LogP contribution in [0.5, 0.6) is 0 Å². The molecule has 2 heterocycles. The van der Waals surface area contributed by atoms with Crippen molar-refractivity contribution in [1.29, 1.82) is 0 Å². The zero-order valence-electron chi connectivity index (χ0n) is 10.8. The summed E-state index contributed by atoms with van der Waals surface area (Å²) in [5, 5.41) is 11.5. The summed E-state index contributed by atoms with van der Waals surface area (Å²) in [5.41, 5.74) is 2.90. The number of hydrogen-bond donors (Lipinski definition) is 2. The molecule has 96 valence electrons. The van der Waals surface area contributed by atoms with Gasteiger partial charge in [0.1, 0.15) is 0 Å². The molecule has 0 aliphatic carbocycles. The van der Waals surface area contributed by atoms with Gasteiger partial charge in [-0.05, 0) is 80.0 Å². The monoisotopic (exact) mass is 252 g/mol. The Hall–Kier alpha value is -0.380. The molecule has 2 nitrogen and oxygen atoms in total. The molecule has 17 heavy (non-hydrogen) atoms. The summed E-state index contributed by atoms with van der Waals surface area (Å²) in [4.78, 5) is 0. The van der Waals surface area contributed by atoms with Crippen LogP contribution in [0, 0.1) is 12.8 Å². The fraction of sp³-hybridized carbons (Fsp3) is 0.714. The molecule has 0 saturated carbocycles. The van der Waals surface area contributed by atoms with Gasteiger partial charge in [0.15, 0.2) is 0 Å². The summed E-state index contributed by atoms with van der Waals surface area (Å²) in [6.45, 7) is 6.86. The Bertz CT molecular complexity index is 316. The van der Waals surface area contributed by atoms with Crippen molar-refractivity contribution in [3.05, 3.63) is 21.9 Å². The summed E-state index contributed by atoms with van der Waals surface area (Å²) in [7, 11) is 0. The quantitative estimate of drug-likeness (QED) is 0.761. The van der Waals surface area contributed by atoms with Crippen LogP contribution in [-0.4, -0.2) is 19.6 Å². The van der Waals surface area contributed by atoms with Gasteiger partial charge >= 0.3 is 0 Å². The first-order valence-electron chi connectivity index (χ1n) is 6.79. The lowest BCUT2D eigenvalue weighted by Gasteiger charge is -2.22. The van der Waals surface area contributed by atoms with Crippen molar-refractivity contribution in [3.63, 3.8) is 0 Å². The maximum atomic E-state index is 3.55. The van der Waals surface area contributed by atoms with E-state index >= 15 is 0 Å². The Morgan fingerprint density at radius 1 is 1.47 bits per heavy atom. The van der Waals surface area contributed by atoms with Gasteiger partial charge in [-0.2, -0.15) is 11.3 Å². The lowest BCUT2D eigenvalue weighted by atomic mass is 9.95. The average Bonchev–Trinajstić information content (AvgIpc) is 2.76. The Morgan fingerprint density at radius 2 is 2.41 bits per heavy atom. The normalized spacial score (nSPS) is 20.6. The highest BCUT2D eigenvalue weighted by Gasteiger charge is 2.11. The van der Waals surface area contributed by atoms with Gasteiger partial charge in [0, 0.05) is 6.54 Å². The van der Waals surface area contributed by atoms with Crippen molar-refractivity contribution in [1.82, 2.24) is 10.6 Å². The van der Waals surface area contributed by atoms with Crippen LogP contribution in [0.15, 0.2) is 10.8 Å². The van der Waals surface area contributed by atoms with E-state index in [1.165, 1.54) is 49.9 Å². The highest BCUT2D eigenvalue weighted by Crippen LogP contribution is 2.16. The van der Waals surface area contributed by atoms with Crippen LogP contribution in [0.3, 0.4) is 0 Å². The Balaban J connectivity index is 1.53. The number of piperidine rings is 1. The van der Waals surface area contributed by atoms with Gasteiger partial charge in [0.2, 0.25) is 0 Å². The third kappa shape index (κ3) is 4.41. The zero-order chi connectivity index (χ0) is 11.9. The van der Waals surface area contributed by atoms with Crippen molar-refractivity contribution >= 4 is 11.3 Å². The summed E-state index contributed by atoms with van der Waals surface area (Å²) in [6.07, 6.45) is 5.49. The van der Waals surface area contributed by atoms with Crippen LogP contribution in [0.2, 0.25) is 0 Å². The van der Waals surface area contributed by atoms with Gasteiger partial charge in [0.05, 0.1) is 0 Å². The van der Waals surface area contributed by atoms with Crippen LogP contribution >= 0.6 is 11.3 Å². The van der Waals surface area contributed by atoms with Gasteiger partial charge in [-0.1, -0.05) is 0 Å². The van der Waals surface area contributed by atoms with E-state index in [1.807, 2.05) is 0 Å². The molecule has 1 unspecified atom stereocenters. The lowest BCUT2D eigenvalue weighted by Crippen LogP contribution is -2.30. The topological polar surface area (TPSA) is 24.1 Å². The minimum Gasteiger partial charge on any atom is -0.316 e. The zero-order valence-corrected chi connectivity index (χ0v) is 11.6. The predicted octanol–water partition coefficient (Wildman–Crippen LogP) is 2.93. The van der Waals surface area contributed by atoms with E-state index in [0.717, 1.165) is 19.0 Å². The maximum absolute atomic E-state index is 3.55. The third-order valence-electron chi connectivity index (χ3n) is 3.64. The lowest BCUT2D eigenvalue weighted by molar-refractivity contribution is 0.348. The molecule has 0 aromatic carbocycles. The number of rotatable bonds is 6. The van der Waals surface area contributed by atoms with Gasteiger partial charge in [-0.3, -0.25) is 0 Å². The minimum absolute atomic E-state index is 0.924. The molecule has 0 amide bonds. The fourth-order valence-electron chi connectivity index (χ4n) is 2.48. The van der Waals surface area contributed by atoms with Gasteiger partial charge < -0.3 is 10.6 Å². The number of hydrogen-bond acceptors (Lipinski definition) is 3. The van der Waals surface area contributed by atoms with Gasteiger partial charge in [-0.15, -0.1) is 0 Å². The van der Waals surface area contributed by atoms with Crippen LogP contribution in [0.4, 0.5) is 0 Å². The molecular weight excluding hydrogens is 228 g/mol. The summed E-state index contributed by atoms with van der Waals surface area (Å²) in [5.74, 6) is 0.924. The first-order chi connectivity index (χ1) is 8.36. The van der Waals surface area contributed by atoms with Crippen LogP contribution < -0.4 is 10.6 Å². The number of thiophene rings is 1. The molecule has 1 aliphatic heterocycles. The van der Waals surface area contributed by atoms with Gasteiger partial charge in [-0.25, -0.2) is 0 Å². The van der Waals surface area contributed by atoms with Crippen molar-refractivity contribution in [3.8, 4) is 0 Å². The van der Waals surface area contributed by atoms with Crippen LogP contribution in [-0.2, 0) is 6.54 Å². The smallest absolute Gasteiger partial charge is 0.0216 e. The van der Waals surface area contributed by atoms with E-state index < -0.39 is 0 Å². The largest absolute Gasteiger partial charge is 0.316 e.